The third-order valence-corrected chi connectivity index (χ3v) is 5.25. The average molecular weight is 364 g/mol. The predicted octanol–water partition coefficient (Wildman–Crippen LogP) is 3.41. The molecule has 0 aliphatic carbocycles. The minimum absolute atomic E-state index is 0.241. The van der Waals surface area contributed by atoms with Gasteiger partial charge in [-0.2, -0.15) is 0 Å². The number of rotatable bonds is 8. The van der Waals surface area contributed by atoms with Gasteiger partial charge < -0.3 is 19.1 Å². The van der Waals surface area contributed by atoms with E-state index in [1.165, 1.54) is 0 Å². The number of carboxylic acid groups (broad SMARTS) is 1. The lowest BCUT2D eigenvalue weighted by molar-refractivity contribution is 0.0677. The zero-order valence-electron chi connectivity index (χ0n) is 12.4. The quantitative estimate of drug-likeness (QED) is 0.567. The Hall–Kier alpha value is -0.633. The normalized spacial score (nSPS) is 11.8. The Morgan fingerprint density at radius 3 is 2.60 bits per heavy atom. The Labute approximate surface area is 129 Å². The van der Waals surface area contributed by atoms with Gasteiger partial charge in [-0.1, -0.05) is 19.6 Å². The largest absolute Gasteiger partial charge is 0.478 e. The number of ether oxygens (including phenoxy) is 2. The molecule has 0 saturated carbocycles. The lowest BCUT2D eigenvalue weighted by Gasteiger charge is -2.17. The Bertz CT molecular complexity index is 468. The summed E-state index contributed by atoms with van der Waals surface area (Å²) in [5, 5.41) is 9.18. The van der Waals surface area contributed by atoms with Crippen molar-refractivity contribution in [2.24, 2.45) is 0 Å². The minimum Gasteiger partial charge on any atom is -0.478 e. The number of aromatic nitrogens is 1. The van der Waals surface area contributed by atoms with E-state index in [-0.39, 0.29) is 12.2 Å². The number of nitrogens with zero attached hydrogens (tertiary/aromatic N) is 1. The van der Waals surface area contributed by atoms with E-state index in [1.807, 2.05) is 0 Å². The molecule has 0 amide bonds. The maximum atomic E-state index is 11.2. The van der Waals surface area contributed by atoms with Crippen LogP contribution in [0.1, 0.15) is 16.1 Å². The van der Waals surface area contributed by atoms with Crippen molar-refractivity contribution in [1.29, 1.82) is 0 Å². The maximum absolute atomic E-state index is 11.2. The molecule has 0 aromatic carbocycles. The molecule has 7 heteroatoms. The van der Waals surface area contributed by atoms with Crippen molar-refractivity contribution in [1.82, 2.24) is 4.57 Å². The van der Waals surface area contributed by atoms with E-state index >= 15 is 0 Å². The fourth-order valence-corrected chi connectivity index (χ4v) is 3.01. The van der Waals surface area contributed by atoms with Crippen molar-refractivity contribution in [3.05, 3.63) is 21.9 Å². The van der Waals surface area contributed by atoms with E-state index < -0.39 is 14.0 Å². The Morgan fingerprint density at radius 2 is 2.10 bits per heavy atom. The number of halogens is 1. The summed E-state index contributed by atoms with van der Waals surface area (Å²) in [5.74, 6) is -0.960. The van der Waals surface area contributed by atoms with Gasteiger partial charge in [-0.15, -0.1) is 0 Å². The first-order valence-electron chi connectivity index (χ1n) is 6.44. The van der Waals surface area contributed by atoms with Gasteiger partial charge in [0.1, 0.15) is 6.73 Å². The van der Waals surface area contributed by atoms with Crippen LogP contribution in [0.4, 0.5) is 0 Å². The second-order valence-corrected chi connectivity index (χ2v) is 12.3. The lowest BCUT2D eigenvalue weighted by Crippen LogP contribution is -2.22. The third kappa shape index (κ3) is 5.04. The highest BCUT2D eigenvalue weighted by molar-refractivity contribution is 9.10. The SMILES string of the molecule is COCc1c(C(=O)O)cc(Br)n1COCC[Si](C)(C)C. The topological polar surface area (TPSA) is 60.7 Å². The highest BCUT2D eigenvalue weighted by Crippen LogP contribution is 2.22. The van der Waals surface area contributed by atoms with Gasteiger partial charge in [-0.25, -0.2) is 4.79 Å². The first-order valence-corrected chi connectivity index (χ1v) is 10.9. The second kappa shape index (κ2) is 7.40. The Morgan fingerprint density at radius 1 is 1.45 bits per heavy atom. The summed E-state index contributed by atoms with van der Waals surface area (Å²) in [7, 11) is 0.429. The van der Waals surface area contributed by atoms with E-state index in [0.29, 0.717) is 23.6 Å². The van der Waals surface area contributed by atoms with Crippen molar-refractivity contribution in [3.8, 4) is 0 Å². The van der Waals surface area contributed by atoms with Gasteiger partial charge in [-0.05, 0) is 28.0 Å². The summed E-state index contributed by atoms with van der Waals surface area (Å²) in [5.41, 5.74) is 0.854. The smallest absolute Gasteiger partial charge is 0.337 e. The Kier molecular flexibility index (Phi) is 6.44. The molecular weight excluding hydrogens is 342 g/mol. The van der Waals surface area contributed by atoms with Crippen molar-refractivity contribution in [2.75, 3.05) is 13.7 Å². The molecule has 0 saturated heterocycles. The van der Waals surface area contributed by atoms with Crippen LogP contribution in [0.2, 0.25) is 25.7 Å². The maximum Gasteiger partial charge on any atom is 0.337 e. The van der Waals surface area contributed by atoms with Crippen LogP contribution in [-0.4, -0.2) is 37.4 Å². The third-order valence-electron chi connectivity index (χ3n) is 2.89. The van der Waals surface area contributed by atoms with Gasteiger partial charge in [0.15, 0.2) is 0 Å². The highest BCUT2D eigenvalue weighted by atomic mass is 79.9. The van der Waals surface area contributed by atoms with Gasteiger partial charge in [0.05, 0.1) is 22.5 Å². The van der Waals surface area contributed by atoms with Gasteiger partial charge >= 0.3 is 5.97 Å². The van der Waals surface area contributed by atoms with Crippen molar-refractivity contribution in [2.45, 2.75) is 39.0 Å². The predicted molar refractivity (Wildman–Crippen MR) is 83.9 cm³/mol. The number of carbonyl (C=O) groups is 1. The van der Waals surface area contributed by atoms with Crippen LogP contribution < -0.4 is 0 Å². The van der Waals surface area contributed by atoms with Crippen molar-refractivity contribution in [3.63, 3.8) is 0 Å². The fraction of sp³-hybridized carbons (Fsp3) is 0.615. The summed E-state index contributed by atoms with van der Waals surface area (Å²) in [6.45, 7) is 8.14. The summed E-state index contributed by atoms with van der Waals surface area (Å²) in [6.07, 6.45) is 0. The van der Waals surface area contributed by atoms with Crippen LogP contribution >= 0.6 is 15.9 Å². The first kappa shape index (κ1) is 17.4. The van der Waals surface area contributed by atoms with E-state index in [1.54, 1.807) is 17.7 Å². The molecule has 1 N–H and O–H groups in total. The molecule has 1 rings (SSSR count). The molecule has 0 aliphatic heterocycles. The summed E-state index contributed by atoms with van der Waals surface area (Å²) in [4.78, 5) is 11.2. The van der Waals surface area contributed by atoms with Crippen LogP contribution in [0.3, 0.4) is 0 Å². The molecule has 0 radical (unpaired) electrons. The summed E-state index contributed by atoms with van der Waals surface area (Å²) < 4.78 is 13.2. The standard InChI is InChI=1S/C13H22BrNO4Si/c1-18-8-11-10(13(16)17)7-12(14)15(11)9-19-5-6-20(2,3)4/h7H,5-6,8-9H2,1-4H3,(H,16,17). The molecule has 0 atom stereocenters. The van der Waals surface area contributed by atoms with Gasteiger partial charge in [-0.3, -0.25) is 0 Å². The second-order valence-electron chi connectivity index (χ2n) is 5.84. The average Bonchev–Trinajstić information content (AvgIpc) is 2.62. The number of aromatic carboxylic acids is 1. The van der Waals surface area contributed by atoms with Gasteiger partial charge in [0.2, 0.25) is 0 Å². The zero-order valence-corrected chi connectivity index (χ0v) is 15.0. The van der Waals surface area contributed by atoms with E-state index in [4.69, 9.17) is 9.47 Å². The van der Waals surface area contributed by atoms with E-state index in [0.717, 1.165) is 6.04 Å². The van der Waals surface area contributed by atoms with Crippen LogP contribution in [0.25, 0.3) is 0 Å². The molecule has 114 valence electrons. The van der Waals surface area contributed by atoms with Gasteiger partial charge in [0.25, 0.3) is 0 Å². The molecule has 0 spiro atoms. The number of carboxylic acids is 1. The Balaban J connectivity index is 2.76. The molecule has 5 nitrogen and oxygen atoms in total. The molecular formula is C13H22BrNO4Si. The highest BCUT2D eigenvalue weighted by Gasteiger charge is 2.19. The molecule has 0 fully saturated rings. The van der Waals surface area contributed by atoms with Gasteiger partial charge in [0, 0.05) is 21.8 Å². The summed E-state index contributed by atoms with van der Waals surface area (Å²) in [6, 6.07) is 2.66. The van der Waals surface area contributed by atoms with Crippen LogP contribution in [-0.2, 0) is 22.8 Å². The molecule has 1 aromatic heterocycles. The summed E-state index contributed by atoms with van der Waals surface area (Å²) >= 11 is 3.37. The van der Waals surface area contributed by atoms with E-state index in [2.05, 4.69) is 35.6 Å². The number of hydrogen-bond acceptors (Lipinski definition) is 3. The number of hydrogen-bond donors (Lipinski definition) is 1. The van der Waals surface area contributed by atoms with Crippen molar-refractivity contribution >= 4 is 30.0 Å². The monoisotopic (exact) mass is 363 g/mol. The molecule has 20 heavy (non-hydrogen) atoms. The fourth-order valence-electron chi connectivity index (χ4n) is 1.71. The first-order chi connectivity index (χ1) is 9.26. The van der Waals surface area contributed by atoms with Crippen LogP contribution in [0, 0.1) is 0 Å². The van der Waals surface area contributed by atoms with E-state index in [9.17, 15) is 9.90 Å². The molecule has 0 unspecified atom stereocenters. The molecule has 0 aliphatic rings. The molecule has 1 aromatic rings. The lowest BCUT2D eigenvalue weighted by atomic mass is 10.2. The molecule has 0 bridgehead atoms. The van der Waals surface area contributed by atoms with Crippen LogP contribution in [0.5, 0.6) is 0 Å². The van der Waals surface area contributed by atoms with Crippen molar-refractivity contribution < 1.29 is 19.4 Å². The minimum atomic E-state index is -1.12. The van der Waals surface area contributed by atoms with Crippen LogP contribution in [0.15, 0.2) is 10.7 Å². The molecule has 1 heterocycles. The zero-order chi connectivity index (χ0) is 15.3. The number of methoxy groups -OCH3 is 1.